The molecule has 0 radical (unpaired) electrons. The summed E-state index contributed by atoms with van der Waals surface area (Å²) in [7, 11) is 2.00. The first-order chi connectivity index (χ1) is 9.58. The molecule has 0 saturated carbocycles. The molecule has 5 nitrogen and oxygen atoms in total. The van der Waals surface area contributed by atoms with Crippen molar-refractivity contribution in [3.63, 3.8) is 0 Å². The summed E-state index contributed by atoms with van der Waals surface area (Å²) >= 11 is 1.41. The van der Waals surface area contributed by atoms with E-state index in [1.807, 2.05) is 42.8 Å². The van der Waals surface area contributed by atoms with Crippen LogP contribution in [0.2, 0.25) is 0 Å². The van der Waals surface area contributed by atoms with Gasteiger partial charge in [-0.1, -0.05) is 0 Å². The van der Waals surface area contributed by atoms with E-state index in [1.54, 1.807) is 0 Å². The minimum absolute atomic E-state index is 0.116. The van der Waals surface area contributed by atoms with Crippen molar-refractivity contribution >= 4 is 17.4 Å². The fourth-order valence-electron chi connectivity index (χ4n) is 2.87. The molecule has 6 heteroatoms. The Bertz CT molecular complexity index is 626. The summed E-state index contributed by atoms with van der Waals surface area (Å²) in [5.41, 5.74) is 1.63. The van der Waals surface area contributed by atoms with E-state index >= 15 is 0 Å². The van der Waals surface area contributed by atoms with Crippen LogP contribution in [0.1, 0.15) is 39.1 Å². The van der Waals surface area contributed by atoms with Crippen LogP contribution in [-0.2, 0) is 7.05 Å². The lowest BCUT2D eigenvalue weighted by Crippen LogP contribution is -2.29. The predicted molar refractivity (Wildman–Crippen MR) is 78.1 cm³/mol. The van der Waals surface area contributed by atoms with Crippen LogP contribution in [0.15, 0.2) is 12.4 Å². The Kier molecular flexibility index (Phi) is 3.33. The molecular weight excluding hydrogens is 272 g/mol. The maximum atomic E-state index is 12.6. The smallest absolute Gasteiger partial charge is 0.256 e. The number of aryl methyl sites for hydroxylation is 3. The second-order valence-electron chi connectivity index (χ2n) is 5.33. The molecule has 1 aliphatic rings. The zero-order chi connectivity index (χ0) is 14.3. The van der Waals surface area contributed by atoms with Gasteiger partial charge in [-0.3, -0.25) is 4.79 Å². The molecule has 0 aliphatic carbocycles. The molecule has 2 aromatic rings. The third-order valence-electron chi connectivity index (χ3n) is 3.95. The van der Waals surface area contributed by atoms with Crippen molar-refractivity contribution < 1.29 is 4.79 Å². The highest BCUT2D eigenvalue weighted by atomic mass is 32.1. The van der Waals surface area contributed by atoms with Crippen LogP contribution < -0.4 is 0 Å². The summed E-state index contributed by atoms with van der Waals surface area (Å²) in [6.07, 6.45) is 4.75. The molecule has 1 unspecified atom stereocenters. The predicted octanol–water partition coefficient (Wildman–Crippen LogP) is 2.12. The molecule has 106 valence electrons. The molecule has 20 heavy (non-hydrogen) atoms. The van der Waals surface area contributed by atoms with Gasteiger partial charge in [-0.25, -0.2) is 4.98 Å². The third-order valence-corrected chi connectivity index (χ3v) is 4.79. The molecule has 0 spiro atoms. The van der Waals surface area contributed by atoms with Gasteiger partial charge in [0.2, 0.25) is 0 Å². The van der Waals surface area contributed by atoms with Crippen molar-refractivity contribution in [1.82, 2.24) is 18.8 Å². The van der Waals surface area contributed by atoms with E-state index in [4.69, 9.17) is 0 Å². The van der Waals surface area contributed by atoms with E-state index in [-0.39, 0.29) is 5.91 Å². The number of carbonyl (C=O) groups excluding carboxylic acids is 1. The summed E-state index contributed by atoms with van der Waals surface area (Å²) in [6.45, 7) is 5.41. The maximum Gasteiger partial charge on any atom is 0.256 e. The van der Waals surface area contributed by atoms with Gasteiger partial charge in [0.15, 0.2) is 0 Å². The lowest BCUT2D eigenvalue weighted by atomic mass is 10.1. The summed E-state index contributed by atoms with van der Waals surface area (Å²) in [5, 5.41) is 0. The van der Waals surface area contributed by atoms with E-state index in [2.05, 4.69) is 9.36 Å². The average molecular weight is 290 g/mol. The van der Waals surface area contributed by atoms with Gasteiger partial charge in [-0.15, -0.1) is 0 Å². The zero-order valence-corrected chi connectivity index (χ0v) is 12.8. The van der Waals surface area contributed by atoms with Crippen LogP contribution in [0.5, 0.6) is 0 Å². The van der Waals surface area contributed by atoms with Gasteiger partial charge in [-0.2, -0.15) is 4.37 Å². The molecule has 1 amide bonds. The normalized spacial score (nSPS) is 18.8. The van der Waals surface area contributed by atoms with E-state index in [9.17, 15) is 4.79 Å². The minimum atomic E-state index is 0.116. The van der Waals surface area contributed by atoms with E-state index < -0.39 is 0 Å². The fraction of sp³-hybridized carbons (Fsp3) is 0.500. The topological polar surface area (TPSA) is 51.0 Å². The van der Waals surface area contributed by atoms with Gasteiger partial charge in [-0.05, 0) is 31.8 Å². The summed E-state index contributed by atoms with van der Waals surface area (Å²) in [5.74, 6) is 1.52. The molecular formula is C14H18N4OS. The number of likely N-dealkylation sites (tertiary alicyclic amines) is 1. The standard InChI is InChI=1S/C14H18N4OS/c1-9-12(10(2)20-16-9)14(19)18-6-4-11(8-18)13-15-5-7-17(13)3/h5,7,11H,4,6,8H2,1-3H3. The number of nitrogens with zero attached hydrogens (tertiary/aromatic N) is 4. The van der Waals surface area contributed by atoms with Gasteiger partial charge in [0.25, 0.3) is 5.91 Å². The van der Waals surface area contributed by atoms with E-state index in [1.165, 1.54) is 11.5 Å². The molecule has 2 aromatic heterocycles. The van der Waals surface area contributed by atoms with Gasteiger partial charge in [0.05, 0.1) is 11.3 Å². The van der Waals surface area contributed by atoms with Crippen LogP contribution in [0, 0.1) is 13.8 Å². The fourth-order valence-corrected chi connectivity index (χ4v) is 3.56. The third kappa shape index (κ3) is 2.14. The lowest BCUT2D eigenvalue weighted by molar-refractivity contribution is 0.0789. The molecule has 1 fully saturated rings. The van der Waals surface area contributed by atoms with Crippen molar-refractivity contribution in [3.05, 3.63) is 34.4 Å². The molecule has 3 heterocycles. The van der Waals surface area contributed by atoms with Crippen molar-refractivity contribution in [3.8, 4) is 0 Å². The minimum Gasteiger partial charge on any atom is -0.338 e. The summed E-state index contributed by atoms with van der Waals surface area (Å²) < 4.78 is 6.31. The number of rotatable bonds is 2. The Labute approximate surface area is 122 Å². The largest absolute Gasteiger partial charge is 0.338 e. The molecule has 1 saturated heterocycles. The van der Waals surface area contributed by atoms with Crippen molar-refractivity contribution in [1.29, 1.82) is 0 Å². The molecule has 1 aliphatic heterocycles. The summed E-state index contributed by atoms with van der Waals surface area (Å²) in [4.78, 5) is 20.0. The molecule has 3 rings (SSSR count). The Morgan fingerprint density at radius 1 is 1.45 bits per heavy atom. The number of hydrogen-bond donors (Lipinski definition) is 0. The van der Waals surface area contributed by atoms with E-state index in [0.717, 1.165) is 41.5 Å². The van der Waals surface area contributed by atoms with Crippen LogP contribution in [0.25, 0.3) is 0 Å². The quantitative estimate of drug-likeness (QED) is 0.851. The number of amides is 1. The van der Waals surface area contributed by atoms with E-state index in [0.29, 0.717) is 5.92 Å². The molecule has 0 N–H and O–H groups in total. The zero-order valence-electron chi connectivity index (χ0n) is 12.0. The number of aromatic nitrogens is 3. The maximum absolute atomic E-state index is 12.6. The Morgan fingerprint density at radius 2 is 2.25 bits per heavy atom. The monoisotopic (exact) mass is 290 g/mol. The highest BCUT2D eigenvalue weighted by molar-refractivity contribution is 7.06. The molecule has 0 aromatic carbocycles. The molecule has 0 bridgehead atoms. The van der Waals surface area contributed by atoms with Crippen molar-refractivity contribution in [2.75, 3.05) is 13.1 Å². The van der Waals surface area contributed by atoms with Gasteiger partial charge >= 0.3 is 0 Å². The first-order valence-electron chi connectivity index (χ1n) is 6.77. The second kappa shape index (κ2) is 5.01. The first kappa shape index (κ1) is 13.3. The SMILES string of the molecule is Cc1nsc(C)c1C(=O)N1CCC(c2nccn2C)C1. The van der Waals surface area contributed by atoms with Crippen LogP contribution in [0.3, 0.4) is 0 Å². The van der Waals surface area contributed by atoms with Crippen molar-refractivity contribution in [2.24, 2.45) is 7.05 Å². The number of imidazole rings is 1. The average Bonchev–Trinajstić information content (AvgIpc) is 3.10. The second-order valence-corrected chi connectivity index (χ2v) is 6.31. The van der Waals surface area contributed by atoms with Crippen LogP contribution >= 0.6 is 11.5 Å². The number of carbonyl (C=O) groups is 1. The van der Waals surface area contributed by atoms with Gasteiger partial charge in [0, 0.05) is 43.3 Å². The first-order valence-corrected chi connectivity index (χ1v) is 7.54. The van der Waals surface area contributed by atoms with Crippen LogP contribution in [-0.4, -0.2) is 37.8 Å². The van der Waals surface area contributed by atoms with Crippen molar-refractivity contribution in [2.45, 2.75) is 26.2 Å². The van der Waals surface area contributed by atoms with Gasteiger partial charge < -0.3 is 9.47 Å². The Balaban J connectivity index is 1.78. The summed E-state index contributed by atoms with van der Waals surface area (Å²) in [6, 6.07) is 0. The van der Waals surface area contributed by atoms with Crippen LogP contribution in [0.4, 0.5) is 0 Å². The Hall–Kier alpha value is -1.69. The highest BCUT2D eigenvalue weighted by Gasteiger charge is 2.31. The Morgan fingerprint density at radius 3 is 2.85 bits per heavy atom. The van der Waals surface area contributed by atoms with Gasteiger partial charge in [0.1, 0.15) is 5.82 Å². The molecule has 1 atom stereocenters. The number of hydrogen-bond acceptors (Lipinski definition) is 4. The lowest BCUT2D eigenvalue weighted by Gasteiger charge is -2.16. The highest BCUT2D eigenvalue weighted by Crippen LogP contribution is 2.28.